The zero-order valence-corrected chi connectivity index (χ0v) is 9.92. The first kappa shape index (κ1) is 11.3. The number of aromatic nitrogens is 1. The van der Waals surface area contributed by atoms with Crippen LogP contribution in [0.2, 0.25) is 0 Å². The van der Waals surface area contributed by atoms with Gasteiger partial charge in [0, 0.05) is 18.0 Å². The van der Waals surface area contributed by atoms with Crippen LogP contribution in [0.5, 0.6) is 0 Å². The lowest BCUT2D eigenvalue weighted by atomic mass is 9.84. The number of Topliss-reactive ketones (excluding diaryl/α,β-unsaturated/α-hetero) is 1. The van der Waals surface area contributed by atoms with E-state index in [1.165, 1.54) is 0 Å². The van der Waals surface area contributed by atoms with Gasteiger partial charge in [-0.05, 0) is 51.3 Å². The molecular formula is C13H18N2O. The van der Waals surface area contributed by atoms with Gasteiger partial charge in [-0.2, -0.15) is 0 Å². The number of hydrogen-bond donors (Lipinski definition) is 1. The van der Waals surface area contributed by atoms with E-state index >= 15 is 0 Å². The Morgan fingerprint density at radius 1 is 1.44 bits per heavy atom. The van der Waals surface area contributed by atoms with Crippen LogP contribution in [-0.4, -0.2) is 22.9 Å². The molecule has 1 aromatic heterocycles. The number of hydrogen-bond acceptors (Lipinski definition) is 3. The molecule has 1 aromatic rings. The molecule has 3 nitrogen and oxygen atoms in total. The fourth-order valence-corrected chi connectivity index (χ4v) is 2.25. The Morgan fingerprint density at radius 3 is 2.88 bits per heavy atom. The summed E-state index contributed by atoms with van der Waals surface area (Å²) < 4.78 is 0. The Morgan fingerprint density at radius 2 is 2.25 bits per heavy atom. The molecule has 0 aliphatic carbocycles. The van der Waals surface area contributed by atoms with Crippen LogP contribution < -0.4 is 5.32 Å². The molecule has 3 heteroatoms. The van der Waals surface area contributed by atoms with Crippen molar-refractivity contribution < 1.29 is 4.79 Å². The van der Waals surface area contributed by atoms with E-state index < -0.39 is 5.54 Å². The van der Waals surface area contributed by atoms with Gasteiger partial charge in [-0.15, -0.1) is 0 Å². The van der Waals surface area contributed by atoms with Crippen molar-refractivity contribution in [1.29, 1.82) is 0 Å². The molecule has 0 radical (unpaired) electrons. The van der Waals surface area contributed by atoms with Crippen molar-refractivity contribution in [3.05, 3.63) is 29.6 Å². The minimum Gasteiger partial charge on any atom is -0.305 e. The predicted molar refractivity (Wildman–Crippen MR) is 63.6 cm³/mol. The van der Waals surface area contributed by atoms with Gasteiger partial charge in [0.2, 0.25) is 0 Å². The zero-order valence-electron chi connectivity index (χ0n) is 9.92. The van der Waals surface area contributed by atoms with E-state index in [1.54, 1.807) is 12.4 Å². The van der Waals surface area contributed by atoms with E-state index in [2.05, 4.69) is 10.3 Å². The Hall–Kier alpha value is -1.22. The van der Waals surface area contributed by atoms with Gasteiger partial charge in [0.25, 0.3) is 0 Å². The van der Waals surface area contributed by atoms with Gasteiger partial charge < -0.3 is 5.32 Å². The molecule has 16 heavy (non-hydrogen) atoms. The normalized spacial score (nSPS) is 25.4. The second-order valence-electron chi connectivity index (χ2n) is 4.80. The van der Waals surface area contributed by atoms with Crippen LogP contribution in [0.15, 0.2) is 18.5 Å². The molecule has 0 aromatic carbocycles. The highest BCUT2D eigenvalue weighted by atomic mass is 16.1. The second-order valence-corrected chi connectivity index (χ2v) is 4.80. The number of aryl methyl sites for hydroxylation is 1. The lowest BCUT2D eigenvalue weighted by Gasteiger charge is -2.33. The molecule has 2 rings (SSSR count). The summed E-state index contributed by atoms with van der Waals surface area (Å²) in [7, 11) is 0. The van der Waals surface area contributed by atoms with Crippen molar-refractivity contribution in [3.8, 4) is 0 Å². The van der Waals surface area contributed by atoms with Gasteiger partial charge in [0.1, 0.15) is 0 Å². The third-order valence-electron chi connectivity index (χ3n) is 3.26. The summed E-state index contributed by atoms with van der Waals surface area (Å²) in [5, 5.41) is 3.34. The molecule has 1 saturated heterocycles. The van der Waals surface area contributed by atoms with E-state index in [-0.39, 0.29) is 5.78 Å². The van der Waals surface area contributed by atoms with Gasteiger partial charge in [0.05, 0.1) is 5.54 Å². The van der Waals surface area contributed by atoms with Crippen molar-refractivity contribution in [2.24, 2.45) is 0 Å². The molecule has 1 N–H and O–H groups in total. The largest absolute Gasteiger partial charge is 0.305 e. The molecule has 2 heterocycles. The lowest BCUT2D eigenvalue weighted by Crippen LogP contribution is -2.52. The Balaban J connectivity index is 2.24. The fourth-order valence-electron chi connectivity index (χ4n) is 2.25. The molecule has 0 saturated carbocycles. The van der Waals surface area contributed by atoms with Crippen LogP contribution in [0.4, 0.5) is 0 Å². The topological polar surface area (TPSA) is 42.0 Å². The second kappa shape index (κ2) is 4.34. The molecule has 1 fully saturated rings. The van der Waals surface area contributed by atoms with E-state index in [4.69, 9.17) is 0 Å². The summed E-state index contributed by atoms with van der Waals surface area (Å²) in [6.45, 7) is 4.89. The van der Waals surface area contributed by atoms with Crippen LogP contribution in [0.1, 0.15) is 42.1 Å². The number of nitrogens with one attached hydrogen (secondary N) is 1. The molecule has 1 aliphatic rings. The minimum atomic E-state index is -0.395. The third-order valence-corrected chi connectivity index (χ3v) is 3.26. The summed E-state index contributed by atoms with van der Waals surface area (Å²) in [6.07, 6.45) is 6.63. The van der Waals surface area contributed by atoms with E-state index in [9.17, 15) is 4.79 Å². The quantitative estimate of drug-likeness (QED) is 0.773. The van der Waals surface area contributed by atoms with Crippen LogP contribution in [0.3, 0.4) is 0 Å². The highest BCUT2D eigenvalue weighted by Crippen LogP contribution is 2.23. The molecule has 1 atom stereocenters. The fraction of sp³-hybridized carbons (Fsp3) is 0.538. The third kappa shape index (κ3) is 2.14. The summed E-state index contributed by atoms with van der Waals surface area (Å²) in [4.78, 5) is 16.5. The van der Waals surface area contributed by atoms with Gasteiger partial charge in [0.15, 0.2) is 5.78 Å². The minimum absolute atomic E-state index is 0.170. The summed E-state index contributed by atoms with van der Waals surface area (Å²) in [5.41, 5.74) is 1.36. The predicted octanol–water partition coefficient (Wildman–Crippen LogP) is 2.10. The number of piperidine rings is 1. The molecule has 1 aliphatic heterocycles. The standard InChI is InChI=1S/C13H18N2O/c1-10-7-11(9-14-8-10)12(16)13(2)5-3-4-6-15-13/h7-9,15H,3-6H2,1-2H3. The van der Waals surface area contributed by atoms with Crippen LogP contribution in [0.25, 0.3) is 0 Å². The van der Waals surface area contributed by atoms with Crippen molar-refractivity contribution in [3.63, 3.8) is 0 Å². The van der Waals surface area contributed by atoms with Crippen molar-refractivity contribution in [2.75, 3.05) is 6.54 Å². The maximum Gasteiger partial charge on any atom is 0.184 e. The summed E-state index contributed by atoms with van der Waals surface area (Å²) in [6, 6.07) is 1.91. The highest BCUT2D eigenvalue weighted by molar-refractivity contribution is 6.02. The average Bonchev–Trinajstić information content (AvgIpc) is 2.29. The van der Waals surface area contributed by atoms with Gasteiger partial charge in [-0.25, -0.2) is 0 Å². The van der Waals surface area contributed by atoms with E-state index in [1.807, 2.05) is 19.9 Å². The maximum atomic E-state index is 12.4. The van der Waals surface area contributed by atoms with Crippen LogP contribution in [0, 0.1) is 6.92 Å². The van der Waals surface area contributed by atoms with Crippen LogP contribution in [-0.2, 0) is 0 Å². The SMILES string of the molecule is Cc1cncc(C(=O)C2(C)CCCCN2)c1. The van der Waals surface area contributed by atoms with Crippen molar-refractivity contribution in [2.45, 2.75) is 38.6 Å². The molecular weight excluding hydrogens is 200 g/mol. The van der Waals surface area contributed by atoms with Gasteiger partial charge in [-0.1, -0.05) is 0 Å². The van der Waals surface area contributed by atoms with E-state index in [0.29, 0.717) is 0 Å². The molecule has 0 spiro atoms. The first-order chi connectivity index (χ1) is 7.62. The molecule has 0 amide bonds. The number of carbonyl (C=O) groups is 1. The molecule has 86 valence electrons. The lowest BCUT2D eigenvalue weighted by molar-refractivity contribution is 0.0834. The Labute approximate surface area is 96.3 Å². The smallest absolute Gasteiger partial charge is 0.184 e. The molecule has 1 unspecified atom stereocenters. The monoisotopic (exact) mass is 218 g/mol. The Kier molecular flexibility index (Phi) is 3.06. The summed E-state index contributed by atoms with van der Waals surface area (Å²) >= 11 is 0. The van der Waals surface area contributed by atoms with Gasteiger partial charge >= 0.3 is 0 Å². The number of nitrogens with zero attached hydrogens (tertiary/aromatic N) is 1. The average molecular weight is 218 g/mol. The number of pyridine rings is 1. The van der Waals surface area contributed by atoms with Crippen LogP contribution >= 0.6 is 0 Å². The first-order valence-electron chi connectivity index (χ1n) is 5.83. The maximum absolute atomic E-state index is 12.4. The molecule has 0 bridgehead atoms. The van der Waals surface area contributed by atoms with Gasteiger partial charge in [-0.3, -0.25) is 9.78 Å². The number of ketones is 1. The number of rotatable bonds is 2. The first-order valence-corrected chi connectivity index (χ1v) is 5.83. The summed E-state index contributed by atoms with van der Waals surface area (Å²) in [5.74, 6) is 0.170. The number of carbonyl (C=O) groups excluding carboxylic acids is 1. The van der Waals surface area contributed by atoms with Crippen molar-refractivity contribution in [1.82, 2.24) is 10.3 Å². The van der Waals surface area contributed by atoms with E-state index in [0.717, 1.165) is 36.9 Å². The van der Waals surface area contributed by atoms with Crippen molar-refractivity contribution >= 4 is 5.78 Å². The Bertz CT molecular complexity index is 395. The zero-order chi connectivity index (χ0) is 11.6. The highest BCUT2D eigenvalue weighted by Gasteiger charge is 2.34.